The Morgan fingerprint density at radius 1 is 1.47 bits per heavy atom. The lowest BCUT2D eigenvalue weighted by molar-refractivity contribution is 0.0934. The number of rotatable bonds is 3. The van der Waals surface area contributed by atoms with E-state index in [1.54, 1.807) is 7.11 Å². The van der Waals surface area contributed by atoms with Crippen molar-refractivity contribution in [2.45, 2.75) is 19.9 Å². The average molecular weight is 233 g/mol. The van der Waals surface area contributed by atoms with E-state index >= 15 is 0 Å². The van der Waals surface area contributed by atoms with Crippen LogP contribution in [0.1, 0.15) is 24.5 Å². The van der Waals surface area contributed by atoms with Crippen molar-refractivity contribution in [2.24, 2.45) is 0 Å². The number of amides is 1. The molecule has 0 saturated heterocycles. The number of imidazole rings is 1. The van der Waals surface area contributed by atoms with Gasteiger partial charge in [0.05, 0.1) is 12.6 Å². The van der Waals surface area contributed by atoms with Crippen LogP contribution < -0.4 is 10.1 Å². The Hall–Kier alpha value is -2.04. The SMILES string of the molecule is COc1cccc2[nH]c(C(=O)NC(C)C)nc12. The monoisotopic (exact) mass is 233 g/mol. The molecule has 0 saturated carbocycles. The summed E-state index contributed by atoms with van der Waals surface area (Å²) in [6, 6.07) is 5.60. The lowest BCUT2D eigenvalue weighted by Gasteiger charge is -2.04. The topological polar surface area (TPSA) is 67.0 Å². The maximum absolute atomic E-state index is 11.8. The number of nitrogens with one attached hydrogen (secondary N) is 2. The molecule has 1 aromatic heterocycles. The van der Waals surface area contributed by atoms with Crippen molar-refractivity contribution in [3.8, 4) is 5.75 Å². The van der Waals surface area contributed by atoms with E-state index in [0.717, 1.165) is 5.52 Å². The number of aromatic nitrogens is 2. The maximum atomic E-state index is 11.8. The fourth-order valence-electron chi connectivity index (χ4n) is 1.61. The van der Waals surface area contributed by atoms with Crippen molar-refractivity contribution >= 4 is 16.9 Å². The van der Waals surface area contributed by atoms with Crippen molar-refractivity contribution in [1.82, 2.24) is 15.3 Å². The van der Waals surface area contributed by atoms with Crippen LogP contribution in [0.3, 0.4) is 0 Å². The lowest BCUT2D eigenvalue weighted by atomic mass is 10.3. The van der Waals surface area contributed by atoms with Crippen molar-refractivity contribution in [3.63, 3.8) is 0 Å². The molecule has 0 fully saturated rings. The molecular formula is C12H15N3O2. The number of carbonyl (C=O) groups excluding carboxylic acids is 1. The standard InChI is InChI=1S/C12H15N3O2/c1-7(2)13-12(16)11-14-8-5-4-6-9(17-3)10(8)15-11/h4-7H,1-3H3,(H,13,16)(H,14,15). The van der Waals surface area contributed by atoms with Crippen LogP contribution in [0.2, 0.25) is 0 Å². The Morgan fingerprint density at radius 3 is 2.88 bits per heavy atom. The molecule has 0 radical (unpaired) electrons. The Kier molecular flexibility index (Phi) is 2.99. The van der Waals surface area contributed by atoms with Gasteiger partial charge in [-0.1, -0.05) is 6.07 Å². The van der Waals surface area contributed by atoms with Gasteiger partial charge in [-0.2, -0.15) is 0 Å². The number of para-hydroxylation sites is 1. The molecule has 0 bridgehead atoms. The Labute approximate surface area is 99.2 Å². The first-order valence-electron chi connectivity index (χ1n) is 5.45. The highest BCUT2D eigenvalue weighted by molar-refractivity contribution is 5.95. The number of nitrogens with zero attached hydrogens (tertiary/aromatic N) is 1. The summed E-state index contributed by atoms with van der Waals surface area (Å²) in [5, 5.41) is 2.78. The van der Waals surface area contributed by atoms with Crippen LogP contribution in [0, 0.1) is 0 Å². The third-order valence-corrected chi connectivity index (χ3v) is 2.33. The summed E-state index contributed by atoms with van der Waals surface area (Å²) in [6.07, 6.45) is 0. The van der Waals surface area contributed by atoms with Crippen molar-refractivity contribution in [2.75, 3.05) is 7.11 Å². The van der Waals surface area contributed by atoms with Crippen LogP contribution in [0.15, 0.2) is 18.2 Å². The van der Waals surface area contributed by atoms with Gasteiger partial charge >= 0.3 is 0 Å². The van der Waals surface area contributed by atoms with Gasteiger partial charge < -0.3 is 15.0 Å². The number of fused-ring (bicyclic) bond motifs is 1. The van der Waals surface area contributed by atoms with Crippen LogP contribution >= 0.6 is 0 Å². The zero-order valence-corrected chi connectivity index (χ0v) is 10.1. The highest BCUT2D eigenvalue weighted by Crippen LogP contribution is 2.22. The molecule has 2 aromatic rings. The highest BCUT2D eigenvalue weighted by Gasteiger charge is 2.14. The van der Waals surface area contributed by atoms with Crippen LogP contribution in [-0.2, 0) is 0 Å². The Bertz CT molecular complexity index is 546. The van der Waals surface area contributed by atoms with Gasteiger partial charge in [0.15, 0.2) is 5.82 Å². The summed E-state index contributed by atoms with van der Waals surface area (Å²) < 4.78 is 5.19. The first kappa shape index (κ1) is 11.4. The molecule has 2 rings (SSSR count). The van der Waals surface area contributed by atoms with Crippen LogP contribution in [-0.4, -0.2) is 29.0 Å². The molecule has 90 valence electrons. The molecule has 0 spiro atoms. The second-order valence-electron chi connectivity index (χ2n) is 4.07. The van der Waals surface area contributed by atoms with Crippen molar-refractivity contribution < 1.29 is 9.53 Å². The summed E-state index contributed by atoms with van der Waals surface area (Å²) in [4.78, 5) is 19.0. The van der Waals surface area contributed by atoms with Crippen molar-refractivity contribution in [3.05, 3.63) is 24.0 Å². The Morgan fingerprint density at radius 2 is 2.24 bits per heavy atom. The van der Waals surface area contributed by atoms with Crippen LogP contribution in [0.25, 0.3) is 11.0 Å². The predicted octanol–water partition coefficient (Wildman–Crippen LogP) is 1.71. The number of aromatic amines is 1. The number of hydrogen-bond donors (Lipinski definition) is 2. The highest BCUT2D eigenvalue weighted by atomic mass is 16.5. The molecule has 0 unspecified atom stereocenters. The van der Waals surface area contributed by atoms with Gasteiger partial charge in [-0.25, -0.2) is 4.98 Å². The van der Waals surface area contributed by atoms with E-state index in [0.29, 0.717) is 17.1 Å². The summed E-state index contributed by atoms with van der Waals surface area (Å²) in [6.45, 7) is 3.81. The van der Waals surface area contributed by atoms with Gasteiger partial charge in [-0.3, -0.25) is 4.79 Å². The molecule has 0 atom stereocenters. The number of methoxy groups -OCH3 is 1. The summed E-state index contributed by atoms with van der Waals surface area (Å²) in [5.74, 6) is 0.749. The molecule has 0 aliphatic rings. The molecular weight excluding hydrogens is 218 g/mol. The third-order valence-electron chi connectivity index (χ3n) is 2.33. The number of benzene rings is 1. The number of ether oxygens (including phenoxy) is 1. The zero-order chi connectivity index (χ0) is 12.4. The fraction of sp³-hybridized carbons (Fsp3) is 0.333. The summed E-state index contributed by atoms with van der Waals surface area (Å²) in [7, 11) is 1.58. The largest absolute Gasteiger partial charge is 0.494 e. The van der Waals surface area contributed by atoms with Gasteiger partial charge in [-0.05, 0) is 26.0 Å². The first-order chi connectivity index (χ1) is 8.11. The van der Waals surface area contributed by atoms with Gasteiger partial charge in [-0.15, -0.1) is 0 Å². The number of carbonyl (C=O) groups is 1. The second-order valence-corrected chi connectivity index (χ2v) is 4.07. The van der Waals surface area contributed by atoms with Gasteiger partial charge in [0.25, 0.3) is 5.91 Å². The molecule has 5 heteroatoms. The van der Waals surface area contributed by atoms with E-state index in [1.165, 1.54) is 0 Å². The fourth-order valence-corrected chi connectivity index (χ4v) is 1.61. The number of H-pyrrole nitrogens is 1. The molecule has 5 nitrogen and oxygen atoms in total. The van der Waals surface area contributed by atoms with Gasteiger partial charge in [0.2, 0.25) is 0 Å². The minimum atomic E-state index is -0.210. The zero-order valence-electron chi connectivity index (χ0n) is 10.1. The number of hydrogen-bond acceptors (Lipinski definition) is 3. The van der Waals surface area contributed by atoms with Crippen LogP contribution in [0.5, 0.6) is 5.75 Å². The van der Waals surface area contributed by atoms with E-state index in [-0.39, 0.29) is 11.9 Å². The predicted molar refractivity (Wildman–Crippen MR) is 65.2 cm³/mol. The van der Waals surface area contributed by atoms with E-state index in [9.17, 15) is 4.79 Å². The first-order valence-corrected chi connectivity index (χ1v) is 5.45. The van der Waals surface area contributed by atoms with E-state index < -0.39 is 0 Å². The van der Waals surface area contributed by atoms with Crippen molar-refractivity contribution in [1.29, 1.82) is 0 Å². The average Bonchev–Trinajstić information content (AvgIpc) is 2.71. The smallest absolute Gasteiger partial charge is 0.287 e. The van der Waals surface area contributed by atoms with Gasteiger partial charge in [0.1, 0.15) is 11.3 Å². The van der Waals surface area contributed by atoms with Crippen LogP contribution in [0.4, 0.5) is 0 Å². The molecule has 0 aliphatic heterocycles. The summed E-state index contributed by atoms with van der Waals surface area (Å²) >= 11 is 0. The molecule has 0 aliphatic carbocycles. The molecule has 2 N–H and O–H groups in total. The van der Waals surface area contributed by atoms with Gasteiger partial charge in [0, 0.05) is 6.04 Å². The lowest BCUT2D eigenvalue weighted by Crippen LogP contribution is -2.30. The van der Waals surface area contributed by atoms with E-state index in [4.69, 9.17) is 4.74 Å². The normalized spacial score (nSPS) is 10.8. The third kappa shape index (κ3) is 2.22. The maximum Gasteiger partial charge on any atom is 0.287 e. The second kappa shape index (κ2) is 4.45. The minimum Gasteiger partial charge on any atom is -0.494 e. The van der Waals surface area contributed by atoms with E-state index in [1.807, 2.05) is 32.0 Å². The molecule has 1 amide bonds. The Balaban J connectivity index is 2.41. The molecule has 17 heavy (non-hydrogen) atoms. The quantitative estimate of drug-likeness (QED) is 0.848. The molecule has 1 aromatic carbocycles. The minimum absolute atomic E-state index is 0.0811. The molecule has 1 heterocycles. The van der Waals surface area contributed by atoms with E-state index in [2.05, 4.69) is 15.3 Å². The summed E-state index contributed by atoms with van der Waals surface area (Å²) in [5.41, 5.74) is 1.46.